The molecule has 0 unspecified atom stereocenters. The van der Waals surface area contributed by atoms with Gasteiger partial charge in [0.25, 0.3) is 5.91 Å². The lowest BCUT2D eigenvalue weighted by Gasteiger charge is -2.07. The molecule has 2 aromatic rings. The number of hydrazone groups is 1. The first kappa shape index (κ1) is 23.2. The van der Waals surface area contributed by atoms with Crippen LogP contribution in [-0.4, -0.2) is 17.2 Å². The fraction of sp³-hybridized carbons (Fsp3) is 0.167. The summed E-state index contributed by atoms with van der Waals surface area (Å²) in [7, 11) is 0. The molecule has 0 bridgehead atoms. The zero-order valence-electron chi connectivity index (χ0n) is 17.2. The average molecular weight is 469 g/mol. The number of hydrogen-bond donors (Lipinski definition) is 2. The molecule has 1 aliphatic rings. The van der Waals surface area contributed by atoms with Crippen molar-refractivity contribution in [3.63, 3.8) is 0 Å². The van der Waals surface area contributed by atoms with Crippen molar-refractivity contribution in [2.75, 3.05) is 0 Å². The zero-order valence-corrected chi connectivity index (χ0v) is 18.8. The van der Waals surface area contributed by atoms with Gasteiger partial charge in [-0.1, -0.05) is 44.2 Å². The van der Waals surface area contributed by atoms with Crippen LogP contribution in [0, 0.1) is 0 Å². The maximum atomic E-state index is 12.4. The number of nitrogens with one attached hydrogen (secondary N) is 1. The van der Waals surface area contributed by atoms with Crippen LogP contribution in [-0.2, 0) is 0 Å². The van der Waals surface area contributed by atoms with Crippen LogP contribution in [0.15, 0.2) is 93.2 Å². The van der Waals surface area contributed by atoms with Crippen LogP contribution in [0.5, 0.6) is 11.5 Å². The first-order chi connectivity index (χ1) is 14.5. The second kappa shape index (κ2) is 11.8. The third-order valence-corrected chi connectivity index (χ3v) is 4.63. The van der Waals surface area contributed by atoms with Crippen LogP contribution in [0.2, 0.25) is 0 Å². The molecule has 0 heterocycles. The highest BCUT2D eigenvalue weighted by Gasteiger charge is 2.09. The molecule has 5 nitrogen and oxygen atoms in total. The molecule has 30 heavy (non-hydrogen) atoms. The van der Waals surface area contributed by atoms with Crippen molar-refractivity contribution >= 4 is 28.1 Å². The SMILES string of the molecule is CC.CC1=C(O)C(Br)=CC(/C=N/NC(=O)c2cccc(Oc3ccccc3)c2)=CC1. The van der Waals surface area contributed by atoms with E-state index in [4.69, 9.17) is 4.74 Å². The molecule has 0 fully saturated rings. The number of allylic oxidation sites excluding steroid dienone is 5. The maximum Gasteiger partial charge on any atom is 0.271 e. The molecule has 0 aromatic heterocycles. The molecule has 2 N–H and O–H groups in total. The molecule has 1 amide bonds. The van der Waals surface area contributed by atoms with E-state index in [9.17, 15) is 9.90 Å². The Kier molecular flexibility index (Phi) is 9.09. The van der Waals surface area contributed by atoms with E-state index in [1.165, 1.54) is 6.21 Å². The minimum Gasteiger partial charge on any atom is -0.507 e. The summed E-state index contributed by atoms with van der Waals surface area (Å²) < 4.78 is 6.33. The molecule has 1 aliphatic carbocycles. The molecule has 6 heteroatoms. The summed E-state index contributed by atoms with van der Waals surface area (Å²) in [6, 6.07) is 16.2. The summed E-state index contributed by atoms with van der Waals surface area (Å²) in [6.07, 6.45) is 5.81. The van der Waals surface area contributed by atoms with E-state index < -0.39 is 0 Å². The topological polar surface area (TPSA) is 70.9 Å². The molecular formula is C24H25BrN2O3. The highest BCUT2D eigenvalue weighted by Crippen LogP contribution is 2.25. The number of hydrogen-bond acceptors (Lipinski definition) is 4. The maximum absolute atomic E-state index is 12.4. The molecule has 0 radical (unpaired) electrons. The van der Waals surface area contributed by atoms with Gasteiger partial charge in [0.1, 0.15) is 17.3 Å². The van der Waals surface area contributed by atoms with Crippen molar-refractivity contribution in [3.8, 4) is 11.5 Å². The molecular weight excluding hydrogens is 444 g/mol. The summed E-state index contributed by atoms with van der Waals surface area (Å²) in [4.78, 5) is 12.4. The van der Waals surface area contributed by atoms with Crippen LogP contribution in [0.25, 0.3) is 0 Å². The molecule has 156 valence electrons. The van der Waals surface area contributed by atoms with Gasteiger partial charge in [0.2, 0.25) is 0 Å². The highest BCUT2D eigenvalue weighted by atomic mass is 79.9. The quantitative estimate of drug-likeness (QED) is 0.380. The van der Waals surface area contributed by atoms with Gasteiger partial charge in [-0.25, -0.2) is 5.43 Å². The molecule has 0 saturated carbocycles. The number of amides is 1. The number of carbonyl (C=O) groups is 1. The summed E-state index contributed by atoms with van der Waals surface area (Å²) in [5.74, 6) is 1.14. The van der Waals surface area contributed by atoms with Gasteiger partial charge in [-0.3, -0.25) is 4.79 Å². The van der Waals surface area contributed by atoms with Crippen LogP contribution in [0.3, 0.4) is 0 Å². The van der Waals surface area contributed by atoms with E-state index in [2.05, 4.69) is 26.5 Å². The monoisotopic (exact) mass is 468 g/mol. The number of benzene rings is 2. The largest absolute Gasteiger partial charge is 0.507 e. The lowest BCUT2D eigenvalue weighted by Crippen LogP contribution is -2.17. The van der Waals surface area contributed by atoms with Crippen LogP contribution in [0.4, 0.5) is 0 Å². The third kappa shape index (κ3) is 6.74. The highest BCUT2D eigenvalue weighted by molar-refractivity contribution is 9.12. The normalized spacial score (nSPS) is 13.6. The van der Waals surface area contributed by atoms with Crippen molar-refractivity contribution in [3.05, 3.63) is 93.7 Å². The predicted octanol–water partition coefficient (Wildman–Crippen LogP) is 6.66. The molecule has 0 atom stereocenters. The Labute approximate surface area is 185 Å². The average Bonchev–Trinajstić information content (AvgIpc) is 2.89. The Morgan fingerprint density at radius 3 is 2.57 bits per heavy atom. The van der Waals surface area contributed by atoms with Crippen molar-refractivity contribution in [2.24, 2.45) is 5.10 Å². The van der Waals surface area contributed by atoms with Gasteiger partial charge in [0.05, 0.1) is 10.7 Å². The fourth-order valence-corrected chi connectivity index (χ4v) is 3.09. The Morgan fingerprint density at radius 1 is 1.13 bits per heavy atom. The zero-order chi connectivity index (χ0) is 21.9. The third-order valence-electron chi connectivity index (χ3n) is 4.02. The number of para-hydroxylation sites is 1. The van der Waals surface area contributed by atoms with Crippen LogP contribution >= 0.6 is 15.9 Å². The van der Waals surface area contributed by atoms with Crippen molar-refractivity contribution in [2.45, 2.75) is 27.2 Å². The Balaban J connectivity index is 0.00000155. The minimum absolute atomic E-state index is 0.221. The fourth-order valence-electron chi connectivity index (χ4n) is 2.49. The molecule has 0 spiro atoms. The smallest absolute Gasteiger partial charge is 0.271 e. The van der Waals surface area contributed by atoms with Crippen molar-refractivity contribution in [1.82, 2.24) is 5.43 Å². The number of halogens is 1. The second-order valence-corrected chi connectivity index (χ2v) is 7.03. The summed E-state index contributed by atoms with van der Waals surface area (Å²) in [5, 5.41) is 14.0. The van der Waals surface area contributed by atoms with E-state index in [-0.39, 0.29) is 11.7 Å². The van der Waals surface area contributed by atoms with E-state index in [1.54, 1.807) is 30.3 Å². The van der Waals surface area contributed by atoms with Gasteiger partial charge in [-0.2, -0.15) is 5.10 Å². The number of ether oxygens (including phenoxy) is 1. The number of rotatable bonds is 5. The van der Waals surface area contributed by atoms with Gasteiger partial charge in [0.15, 0.2) is 0 Å². The summed E-state index contributed by atoms with van der Waals surface area (Å²) in [6.45, 7) is 5.85. The van der Waals surface area contributed by atoms with Crippen LogP contribution in [0.1, 0.15) is 37.6 Å². The summed E-state index contributed by atoms with van der Waals surface area (Å²) >= 11 is 3.33. The van der Waals surface area contributed by atoms with E-state index in [0.717, 1.165) is 11.1 Å². The lowest BCUT2D eigenvalue weighted by molar-refractivity contribution is 0.0955. The Bertz CT molecular complexity index is 993. The van der Waals surface area contributed by atoms with Gasteiger partial charge in [-0.15, -0.1) is 0 Å². The van der Waals surface area contributed by atoms with E-state index in [0.29, 0.717) is 28.0 Å². The number of nitrogens with zero attached hydrogens (tertiary/aromatic N) is 1. The molecule has 2 aromatic carbocycles. The van der Waals surface area contributed by atoms with E-state index >= 15 is 0 Å². The number of aliphatic hydroxyl groups is 1. The predicted molar refractivity (Wildman–Crippen MR) is 125 cm³/mol. The molecule has 0 aliphatic heterocycles. The van der Waals surface area contributed by atoms with E-state index in [1.807, 2.05) is 57.2 Å². The minimum atomic E-state index is -0.343. The standard InChI is InChI=1S/C22H19BrN2O3.C2H6/c1-15-10-11-16(12-20(23)21(15)26)14-24-25-22(27)17-6-5-9-19(13-17)28-18-7-3-2-4-8-18;1-2/h2-9,11-14,26H,10H2,1H3,(H,25,27);1-2H3/b24-14+;. The first-order valence-corrected chi connectivity index (χ1v) is 10.4. The van der Waals surface area contributed by atoms with Crippen LogP contribution < -0.4 is 10.2 Å². The van der Waals surface area contributed by atoms with Gasteiger partial charge in [0, 0.05) is 5.56 Å². The van der Waals surface area contributed by atoms with Gasteiger partial charge < -0.3 is 9.84 Å². The van der Waals surface area contributed by atoms with Crippen molar-refractivity contribution in [1.29, 1.82) is 0 Å². The van der Waals surface area contributed by atoms with Gasteiger partial charge in [-0.05, 0) is 76.8 Å². The first-order valence-electron chi connectivity index (χ1n) is 9.66. The molecule has 3 rings (SSSR count). The number of carbonyl (C=O) groups excluding carboxylic acids is 1. The van der Waals surface area contributed by atoms with Crippen molar-refractivity contribution < 1.29 is 14.6 Å². The molecule has 0 saturated heterocycles. The Morgan fingerprint density at radius 2 is 1.83 bits per heavy atom. The lowest BCUT2D eigenvalue weighted by atomic mass is 10.2. The van der Waals surface area contributed by atoms with Gasteiger partial charge >= 0.3 is 0 Å². The summed E-state index contributed by atoms with van der Waals surface area (Å²) in [5.41, 5.74) is 4.57. The Hall–Kier alpha value is -3.12. The second-order valence-electron chi connectivity index (χ2n) is 6.17. The number of aliphatic hydroxyl groups excluding tert-OH is 1.